The van der Waals surface area contributed by atoms with Gasteiger partial charge in [0.15, 0.2) is 17.5 Å². The molecule has 5 heteroatoms. The van der Waals surface area contributed by atoms with E-state index in [2.05, 4.69) is 129 Å². The standard InChI is InChI=1S/C47H38N4S/c1-46(2)24-25-47(3,4)38-28-40-36(27-37(38)46)32-18-11-12-21-39(32)51(40)31-22-23-33-34-19-13-20-35(42(34)52-41(33)26-31)45-49-43(29-14-7-5-8-15-29)48-44(50-45)30-16-9-6-10-17-30/h5-23,26-28H,24-25H2,1-4H3. The summed E-state index contributed by atoms with van der Waals surface area (Å²) in [6.07, 6.45) is 2.39. The lowest BCUT2D eigenvalue weighted by Crippen LogP contribution is -2.33. The summed E-state index contributed by atoms with van der Waals surface area (Å²) >= 11 is 1.82. The summed E-state index contributed by atoms with van der Waals surface area (Å²) in [7, 11) is 0. The number of fused-ring (bicyclic) bond motifs is 7. The van der Waals surface area contributed by atoms with Gasteiger partial charge in [0, 0.05) is 53.3 Å². The Morgan fingerprint density at radius 2 is 1.10 bits per heavy atom. The third-order valence-electron chi connectivity index (χ3n) is 11.3. The van der Waals surface area contributed by atoms with Crippen molar-refractivity contribution in [1.82, 2.24) is 19.5 Å². The zero-order valence-corrected chi connectivity index (χ0v) is 30.6. The molecule has 0 radical (unpaired) electrons. The second kappa shape index (κ2) is 11.4. The molecule has 1 aliphatic rings. The molecule has 0 atom stereocenters. The molecule has 252 valence electrons. The zero-order chi connectivity index (χ0) is 35.2. The zero-order valence-electron chi connectivity index (χ0n) is 29.8. The van der Waals surface area contributed by atoms with Gasteiger partial charge in [-0.25, -0.2) is 15.0 Å². The summed E-state index contributed by atoms with van der Waals surface area (Å²) in [5.41, 5.74) is 9.91. The third-order valence-corrected chi connectivity index (χ3v) is 12.5. The first-order valence-electron chi connectivity index (χ1n) is 18.2. The second-order valence-electron chi connectivity index (χ2n) is 15.5. The minimum Gasteiger partial charge on any atom is -0.309 e. The van der Waals surface area contributed by atoms with Crippen LogP contribution in [-0.4, -0.2) is 19.5 Å². The molecule has 0 N–H and O–H groups in total. The second-order valence-corrected chi connectivity index (χ2v) is 16.6. The van der Waals surface area contributed by atoms with Crippen molar-refractivity contribution in [2.24, 2.45) is 0 Å². The number of para-hydroxylation sites is 1. The minimum atomic E-state index is 0.127. The van der Waals surface area contributed by atoms with Crippen LogP contribution in [0.5, 0.6) is 0 Å². The van der Waals surface area contributed by atoms with E-state index < -0.39 is 0 Å². The van der Waals surface area contributed by atoms with Crippen LogP contribution in [0.2, 0.25) is 0 Å². The van der Waals surface area contributed by atoms with Gasteiger partial charge in [-0.15, -0.1) is 11.3 Å². The smallest absolute Gasteiger partial charge is 0.165 e. The van der Waals surface area contributed by atoms with Crippen LogP contribution in [-0.2, 0) is 10.8 Å². The van der Waals surface area contributed by atoms with Gasteiger partial charge < -0.3 is 4.57 Å². The van der Waals surface area contributed by atoms with E-state index >= 15 is 0 Å². The van der Waals surface area contributed by atoms with E-state index in [0.717, 1.165) is 16.7 Å². The molecule has 6 aromatic carbocycles. The van der Waals surface area contributed by atoms with Crippen LogP contribution >= 0.6 is 11.3 Å². The van der Waals surface area contributed by atoms with Gasteiger partial charge in [-0.1, -0.05) is 125 Å². The Kier molecular flexibility index (Phi) is 6.84. The number of hydrogen-bond acceptors (Lipinski definition) is 4. The molecule has 0 aliphatic heterocycles. The lowest BCUT2D eigenvalue weighted by Gasteiger charge is -2.42. The fourth-order valence-electron chi connectivity index (χ4n) is 8.34. The number of hydrogen-bond donors (Lipinski definition) is 0. The maximum atomic E-state index is 5.08. The Labute approximate surface area is 307 Å². The molecule has 3 aromatic heterocycles. The predicted octanol–water partition coefficient (Wildman–Crippen LogP) is 12.7. The maximum Gasteiger partial charge on any atom is 0.165 e. The highest BCUT2D eigenvalue weighted by Crippen LogP contribution is 2.49. The van der Waals surface area contributed by atoms with Crippen molar-refractivity contribution in [2.75, 3.05) is 0 Å². The Morgan fingerprint density at radius 1 is 0.500 bits per heavy atom. The highest BCUT2D eigenvalue weighted by molar-refractivity contribution is 7.26. The van der Waals surface area contributed by atoms with E-state index in [4.69, 9.17) is 15.0 Å². The first kappa shape index (κ1) is 31.1. The average Bonchev–Trinajstić information content (AvgIpc) is 3.72. The molecule has 1 aliphatic carbocycles. The van der Waals surface area contributed by atoms with Gasteiger partial charge in [-0.05, 0) is 71.2 Å². The molecule has 0 fully saturated rings. The van der Waals surface area contributed by atoms with Crippen LogP contribution in [0.3, 0.4) is 0 Å². The Hall–Kier alpha value is -5.65. The number of aromatic nitrogens is 4. The van der Waals surface area contributed by atoms with Gasteiger partial charge in [0.25, 0.3) is 0 Å². The largest absolute Gasteiger partial charge is 0.309 e. The van der Waals surface area contributed by atoms with Crippen molar-refractivity contribution in [3.8, 4) is 39.9 Å². The van der Waals surface area contributed by atoms with E-state index in [1.165, 1.54) is 71.6 Å². The molecule has 0 unspecified atom stereocenters. The number of thiophene rings is 1. The highest BCUT2D eigenvalue weighted by Gasteiger charge is 2.38. The molecule has 52 heavy (non-hydrogen) atoms. The van der Waals surface area contributed by atoms with Crippen molar-refractivity contribution in [3.05, 3.63) is 145 Å². The molecule has 3 heterocycles. The normalized spacial score (nSPS) is 15.1. The first-order valence-corrected chi connectivity index (χ1v) is 19.0. The van der Waals surface area contributed by atoms with E-state index in [1.54, 1.807) is 0 Å². The van der Waals surface area contributed by atoms with Crippen molar-refractivity contribution in [1.29, 1.82) is 0 Å². The van der Waals surface area contributed by atoms with Crippen molar-refractivity contribution in [3.63, 3.8) is 0 Å². The number of nitrogens with zero attached hydrogens (tertiary/aromatic N) is 4. The Morgan fingerprint density at radius 3 is 1.79 bits per heavy atom. The van der Waals surface area contributed by atoms with Crippen LogP contribution in [0.25, 0.3) is 81.8 Å². The molecule has 0 amide bonds. The molecule has 4 nitrogen and oxygen atoms in total. The highest BCUT2D eigenvalue weighted by atomic mass is 32.1. The Balaban J connectivity index is 1.18. The first-order chi connectivity index (χ1) is 25.2. The third kappa shape index (κ3) is 4.83. The average molecular weight is 691 g/mol. The van der Waals surface area contributed by atoms with Crippen LogP contribution in [0.15, 0.2) is 133 Å². The predicted molar refractivity (Wildman–Crippen MR) is 219 cm³/mol. The van der Waals surface area contributed by atoms with Crippen LogP contribution in [0, 0.1) is 0 Å². The molecule has 0 saturated carbocycles. The summed E-state index contributed by atoms with van der Waals surface area (Å²) in [5.74, 6) is 2.03. The summed E-state index contributed by atoms with van der Waals surface area (Å²) in [6, 6.07) is 47.8. The number of benzene rings is 6. The van der Waals surface area contributed by atoms with Gasteiger partial charge in [0.2, 0.25) is 0 Å². The topological polar surface area (TPSA) is 43.6 Å². The molecule has 0 saturated heterocycles. The quantitative estimate of drug-likeness (QED) is 0.185. The summed E-state index contributed by atoms with van der Waals surface area (Å²) < 4.78 is 4.91. The fourth-order valence-corrected chi connectivity index (χ4v) is 9.58. The van der Waals surface area contributed by atoms with Crippen molar-refractivity contribution >= 4 is 53.3 Å². The van der Waals surface area contributed by atoms with E-state index in [0.29, 0.717) is 17.5 Å². The van der Waals surface area contributed by atoms with E-state index in [1.807, 2.05) is 47.7 Å². The van der Waals surface area contributed by atoms with Crippen molar-refractivity contribution in [2.45, 2.75) is 51.4 Å². The van der Waals surface area contributed by atoms with E-state index in [-0.39, 0.29) is 10.8 Å². The summed E-state index contributed by atoms with van der Waals surface area (Å²) in [5, 5.41) is 5.09. The Bertz CT molecular complexity index is 2790. The molecule has 9 aromatic rings. The summed E-state index contributed by atoms with van der Waals surface area (Å²) in [6.45, 7) is 9.66. The van der Waals surface area contributed by atoms with Gasteiger partial charge in [0.05, 0.1) is 11.0 Å². The van der Waals surface area contributed by atoms with Gasteiger partial charge in [-0.3, -0.25) is 0 Å². The number of rotatable bonds is 4. The lowest BCUT2D eigenvalue weighted by atomic mass is 9.63. The van der Waals surface area contributed by atoms with Gasteiger partial charge >= 0.3 is 0 Å². The molecule has 0 bridgehead atoms. The van der Waals surface area contributed by atoms with Crippen LogP contribution in [0.1, 0.15) is 51.7 Å². The maximum absolute atomic E-state index is 5.08. The van der Waals surface area contributed by atoms with Crippen LogP contribution in [0.4, 0.5) is 0 Å². The molecule has 0 spiro atoms. The van der Waals surface area contributed by atoms with Gasteiger partial charge in [-0.2, -0.15) is 0 Å². The SMILES string of the molecule is CC1(C)CCC(C)(C)c2cc3c(cc21)c1ccccc1n3-c1ccc2c(c1)sc1c(-c3nc(-c4ccccc4)nc(-c4ccccc4)n3)cccc12. The molecule has 10 rings (SSSR count). The molecular weight excluding hydrogens is 653 g/mol. The minimum absolute atomic E-state index is 0.127. The monoisotopic (exact) mass is 690 g/mol. The van der Waals surface area contributed by atoms with Crippen molar-refractivity contribution < 1.29 is 0 Å². The van der Waals surface area contributed by atoms with Gasteiger partial charge in [0.1, 0.15) is 0 Å². The summed E-state index contributed by atoms with van der Waals surface area (Å²) in [4.78, 5) is 15.1. The fraction of sp³-hybridized carbons (Fsp3) is 0.170. The van der Waals surface area contributed by atoms with Crippen LogP contribution < -0.4 is 0 Å². The molecular formula is C47H38N4S. The van der Waals surface area contributed by atoms with E-state index in [9.17, 15) is 0 Å². The lowest BCUT2D eigenvalue weighted by molar-refractivity contribution is 0.332.